The van der Waals surface area contributed by atoms with Crippen molar-refractivity contribution in [1.82, 2.24) is 20.4 Å². The van der Waals surface area contributed by atoms with Gasteiger partial charge in [0.25, 0.3) is 0 Å². The Bertz CT molecular complexity index is 736. The highest BCUT2D eigenvalue weighted by Gasteiger charge is 2.47. The molecule has 186 valence electrons. The van der Waals surface area contributed by atoms with Crippen molar-refractivity contribution in [3.63, 3.8) is 0 Å². The lowest BCUT2D eigenvalue weighted by molar-refractivity contribution is -0.130. The first-order valence-electron chi connectivity index (χ1n) is 13.1. The molecule has 10 atom stereocenters. The fourth-order valence-electron chi connectivity index (χ4n) is 7.52. The van der Waals surface area contributed by atoms with E-state index in [0.29, 0.717) is 37.5 Å². The van der Waals surface area contributed by atoms with Gasteiger partial charge in [-0.3, -0.25) is 14.5 Å². The van der Waals surface area contributed by atoms with Gasteiger partial charge in [-0.25, -0.2) is 8.78 Å². The Morgan fingerprint density at radius 1 is 1.03 bits per heavy atom. The topological polar surface area (TPSA) is 64.7 Å². The molecule has 0 bridgehead atoms. The van der Waals surface area contributed by atoms with Gasteiger partial charge < -0.3 is 15.5 Å². The molecule has 3 saturated heterocycles. The Morgan fingerprint density at radius 2 is 1.85 bits per heavy atom. The van der Waals surface area contributed by atoms with Crippen LogP contribution < -0.4 is 10.6 Å². The zero-order valence-electron chi connectivity index (χ0n) is 20.0. The van der Waals surface area contributed by atoms with Gasteiger partial charge in [0, 0.05) is 38.1 Å². The monoisotopic (exact) mass is 466 g/mol. The van der Waals surface area contributed by atoms with Crippen LogP contribution in [-0.4, -0.2) is 84.8 Å². The minimum Gasteiger partial charge on any atom is -0.352 e. The third kappa shape index (κ3) is 4.66. The van der Waals surface area contributed by atoms with Crippen molar-refractivity contribution in [3.8, 4) is 0 Å². The van der Waals surface area contributed by atoms with Crippen LogP contribution in [-0.2, 0) is 9.59 Å². The summed E-state index contributed by atoms with van der Waals surface area (Å²) in [4.78, 5) is 29.5. The molecule has 2 saturated carbocycles. The van der Waals surface area contributed by atoms with E-state index in [-0.39, 0.29) is 47.8 Å². The van der Waals surface area contributed by atoms with Gasteiger partial charge in [-0.2, -0.15) is 0 Å². The third-order valence-electron chi connectivity index (χ3n) is 9.45. The van der Waals surface area contributed by atoms with Crippen LogP contribution in [0.5, 0.6) is 0 Å². The molecule has 0 spiro atoms. The molecule has 6 nitrogen and oxygen atoms in total. The van der Waals surface area contributed by atoms with Gasteiger partial charge in [0.05, 0.1) is 12.1 Å². The molecule has 2 amide bonds. The molecule has 8 heteroatoms. The Kier molecular flexibility index (Phi) is 6.68. The van der Waals surface area contributed by atoms with Gasteiger partial charge in [-0.15, -0.1) is 0 Å². The summed E-state index contributed by atoms with van der Waals surface area (Å²) in [7, 11) is 1.86. The van der Waals surface area contributed by atoms with E-state index in [4.69, 9.17) is 0 Å². The molecular formula is C25H40F2N4O2. The van der Waals surface area contributed by atoms with Crippen LogP contribution in [0.2, 0.25) is 0 Å². The summed E-state index contributed by atoms with van der Waals surface area (Å²) < 4.78 is 29.2. The second-order valence-corrected chi connectivity index (χ2v) is 11.6. The van der Waals surface area contributed by atoms with Crippen LogP contribution in [0.3, 0.4) is 0 Å². The second-order valence-electron chi connectivity index (χ2n) is 11.6. The molecule has 5 rings (SSSR count). The number of nitrogens with one attached hydrogen (secondary N) is 2. The van der Waals surface area contributed by atoms with Gasteiger partial charge in [-0.05, 0) is 75.7 Å². The minimum absolute atomic E-state index is 0.0149. The first-order valence-corrected chi connectivity index (χ1v) is 13.1. The number of amides is 2. The SMILES string of the molecule is CC1CCC(F)C2CC(C(=O)NC3CC(F)CC(C4CCN(C5CCN(C)C5=O)C4)C3)NC12. The smallest absolute Gasteiger partial charge is 0.239 e. The summed E-state index contributed by atoms with van der Waals surface area (Å²) in [6.45, 7) is 4.70. The lowest BCUT2D eigenvalue weighted by Crippen LogP contribution is -2.50. The molecule has 0 aromatic rings. The zero-order valence-corrected chi connectivity index (χ0v) is 20.0. The largest absolute Gasteiger partial charge is 0.352 e. The summed E-state index contributed by atoms with van der Waals surface area (Å²) in [6.07, 6.45) is 3.85. The quantitative estimate of drug-likeness (QED) is 0.667. The molecule has 10 unspecified atom stereocenters. The van der Waals surface area contributed by atoms with E-state index in [9.17, 15) is 18.4 Å². The summed E-state index contributed by atoms with van der Waals surface area (Å²) in [5.41, 5.74) is 0. The number of nitrogens with zero attached hydrogens (tertiary/aromatic N) is 2. The van der Waals surface area contributed by atoms with Crippen molar-refractivity contribution in [2.75, 3.05) is 26.7 Å². The van der Waals surface area contributed by atoms with Crippen LogP contribution in [0.1, 0.15) is 58.3 Å². The van der Waals surface area contributed by atoms with Gasteiger partial charge >= 0.3 is 0 Å². The van der Waals surface area contributed by atoms with Crippen molar-refractivity contribution >= 4 is 11.8 Å². The molecule has 5 aliphatic rings. The van der Waals surface area contributed by atoms with Crippen LogP contribution in [0, 0.1) is 23.7 Å². The van der Waals surface area contributed by atoms with E-state index in [2.05, 4.69) is 22.5 Å². The maximum atomic E-state index is 14.7. The van der Waals surface area contributed by atoms with E-state index in [0.717, 1.165) is 45.3 Å². The minimum atomic E-state index is -0.906. The molecule has 2 aliphatic carbocycles. The van der Waals surface area contributed by atoms with E-state index < -0.39 is 12.3 Å². The Morgan fingerprint density at radius 3 is 2.58 bits per heavy atom. The zero-order chi connectivity index (χ0) is 23.3. The molecule has 5 fully saturated rings. The maximum absolute atomic E-state index is 14.7. The van der Waals surface area contributed by atoms with E-state index >= 15 is 0 Å². The number of carbonyl (C=O) groups excluding carboxylic acids is 2. The predicted octanol–water partition coefficient (Wildman–Crippen LogP) is 2.28. The van der Waals surface area contributed by atoms with Gasteiger partial charge in [-0.1, -0.05) is 6.92 Å². The summed E-state index contributed by atoms with van der Waals surface area (Å²) >= 11 is 0. The van der Waals surface area contributed by atoms with Crippen molar-refractivity contribution in [3.05, 3.63) is 0 Å². The van der Waals surface area contributed by atoms with Crippen molar-refractivity contribution in [1.29, 1.82) is 0 Å². The summed E-state index contributed by atoms with van der Waals surface area (Å²) in [5.74, 6) is 1.02. The highest BCUT2D eigenvalue weighted by atomic mass is 19.1. The molecule has 0 aromatic heterocycles. The highest BCUT2D eigenvalue weighted by molar-refractivity contribution is 5.83. The first kappa shape index (κ1) is 23.5. The van der Waals surface area contributed by atoms with Crippen LogP contribution in [0.15, 0.2) is 0 Å². The average molecular weight is 467 g/mol. The second kappa shape index (κ2) is 9.40. The first-order chi connectivity index (χ1) is 15.8. The number of carbonyl (C=O) groups is 2. The highest BCUT2D eigenvalue weighted by Crippen LogP contribution is 2.40. The molecule has 0 radical (unpaired) electrons. The van der Waals surface area contributed by atoms with Crippen LogP contribution >= 0.6 is 0 Å². The number of alkyl halides is 2. The fraction of sp³-hybridized carbons (Fsp3) is 0.920. The van der Waals surface area contributed by atoms with Crippen molar-refractivity contribution < 1.29 is 18.4 Å². The van der Waals surface area contributed by atoms with Crippen LogP contribution in [0.4, 0.5) is 8.78 Å². The van der Waals surface area contributed by atoms with Crippen molar-refractivity contribution in [2.45, 2.75) is 94.8 Å². The van der Waals surface area contributed by atoms with Gasteiger partial charge in [0.1, 0.15) is 12.3 Å². The number of likely N-dealkylation sites (N-methyl/N-ethyl adjacent to an activating group) is 1. The number of rotatable bonds is 4. The van der Waals surface area contributed by atoms with E-state index in [1.165, 1.54) is 0 Å². The number of fused-ring (bicyclic) bond motifs is 1. The third-order valence-corrected chi connectivity index (χ3v) is 9.45. The average Bonchev–Trinajstić information content (AvgIpc) is 3.50. The Hall–Kier alpha value is -1.28. The van der Waals surface area contributed by atoms with Gasteiger partial charge in [0.2, 0.25) is 11.8 Å². The molecule has 3 heterocycles. The Balaban J connectivity index is 1.15. The molecule has 2 N–H and O–H groups in total. The lowest BCUT2D eigenvalue weighted by Gasteiger charge is -2.36. The fourth-order valence-corrected chi connectivity index (χ4v) is 7.52. The number of halogens is 2. The van der Waals surface area contributed by atoms with E-state index in [1.54, 1.807) is 4.90 Å². The molecule has 0 aromatic carbocycles. The summed E-state index contributed by atoms with van der Waals surface area (Å²) in [6, 6.07) is -0.481. The van der Waals surface area contributed by atoms with Gasteiger partial charge in [0.15, 0.2) is 0 Å². The molecule has 33 heavy (non-hydrogen) atoms. The standard InChI is InChI=1S/C25H40F2N4O2/c1-14-3-4-20(27)19-12-21(29-23(14)19)24(32)28-18-10-16(9-17(26)11-18)15-5-8-31(13-15)22-6-7-30(2)25(22)33/h14-23,29H,3-13H2,1-2H3,(H,28,32). The van der Waals surface area contributed by atoms with Crippen LogP contribution in [0.25, 0.3) is 0 Å². The molecular weight excluding hydrogens is 426 g/mol. The summed E-state index contributed by atoms with van der Waals surface area (Å²) in [5, 5.41) is 6.52. The lowest BCUT2D eigenvalue weighted by atomic mass is 9.76. The normalized spacial score (nSPS) is 46.5. The number of likely N-dealkylation sites (tertiary alicyclic amines) is 2. The Labute approximate surface area is 196 Å². The predicted molar refractivity (Wildman–Crippen MR) is 122 cm³/mol. The number of hydrogen-bond donors (Lipinski definition) is 2. The van der Waals surface area contributed by atoms with Crippen molar-refractivity contribution in [2.24, 2.45) is 23.7 Å². The van der Waals surface area contributed by atoms with E-state index in [1.807, 2.05) is 7.05 Å². The number of hydrogen-bond acceptors (Lipinski definition) is 4. The molecule has 3 aliphatic heterocycles. The maximum Gasteiger partial charge on any atom is 0.239 e.